The monoisotopic (exact) mass is 344 g/mol. The SMILES string of the molecule is CC1(c2ccccc2)CNCCN1Cc1cccc(Br)c1. The van der Waals surface area contributed by atoms with Gasteiger partial charge in [0.15, 0.2) is 0 Å². The van der Waals surface area contributed by atoms with Crippen LogP contribution in [0.1, 0.15) is 18.1 Å². The second-order valence-corrected chi connectivity index (χ2v) is 6.78. The zero-order valence-electron chi connectivity index (χ0n) is 12.3. The van der Waals surface area contributed by atoms with E-state index in [9.17, 15) is 0 Å². The molecular weight excluding hydrogens is 324 g/mol. The number of hydrogen-bond acceptors (Lipinski definition) is 2. The van der Waals surface area contributed by atoms with E-state index in [0.717, 1.165) is 30.7 Å². The fraction of sp³-hybridized carbons (Fsp3) is 0.333. The molecule has 110 valence electrons. The van der Waals surface area contributed by atoms with Gasteiger partial charge in [0.2, 0.25) is 0 Å². The van der Waals surface area contributed by atoms with Crippen molar-refractivity contribution in [1.82, 2.24) is 10.2 Å². The van der Waals surface area contributed by atoms with E-state index in [4.69, 9.17) is 0 Å². The Labute approximate surface area is 135 Å². The highest BCUT2D eigenvalue weighted by atomic mass is 79.9. The Kier molecular flexibility index (Phi) is 4.43. The molecule has 21 heavy (non-hydrogen) atoms. The lowest BCUT2D eigenvalue weighted by molar-refractivity contribution is 0.0650. The molecule has 1 fully saturated rings. The Morgan fingerprint density at radius 3 is 2.71 bits per heavy atom. The van der Waals surface area contributed by atoms with Crippen molar-refractivity contribution in [3.63, 3.8) is 0 Å². The molecule has 2 nitrogen and oxygen atoms in total. The van der Waals surface area contributed by atoms with E-state index in [0.29, 0.717) is 0 Å². The lowest BCUT2D eigenvalue weighted by Gasteiger charge is -2.45. The van der Waals surface area contributed by atoms with Crippen molar-refractivity contribution >= 4 is 15.9 Å². The summed E-state index contributed by atoms with van der Waals surface area (Å²) in [6.45, 7) is 6.43. The molecule has 1 aliphatic rings. The van der Waals surface area contributed by atoms with Crippen molar-refractivity contribution in [1.29, 1.82) is 0 Å². The minimum absolute atomic E-state index is 0.0435. The minimum Gasteiger partial charge on any atom is -0.313 e. The summed E-state index contributed by atoms with van der Waals surface area (Å²) < 4.78 is 1.15. The van der Waals surface area contributed by atoms with Gasteiger partial charge < -0.3 is 5.32 Å². The number of rotatable bonds is 3. The number of nitrogens with zero attached hydrogens (tertiary/aromatic N) is 1. The van der Waals surface area contributed by atoms with Gasteiger partial charge in [-0.05, 0) is 30.2 Å². The first-order valence-corrected chi connectivity index (χ1v) is 8.23. The predicted octanol–water partition coefficient (Wildman–Crippen LogP) is 3.77. The van der Waals surface area contributed by atoms with Crippen LogP contribution in [0.5, 0.6) is 0 Å². The number of hydrogen-bond donors (Lipinski definition) is 1. The number of halogens is 1. The Bertz CT molecular complexity index is 599. The van der Waals surface area contributed by atoms with Gasteiger partial charge in [-0.1, -0.05) is 58.4 Å². The summed E-state index contributed by atoms with van der Waals surface area (Å²) >= 11 is 3.57. The van der Waals surface area contributed by atoms with Crippen molar-refractivity contribution in [3.05, 3.63) is 70.2 Å². The van der Waals surface area contributed by atoms with Gasteiger partial charge in [-0.25, -0.2) is 0 Å². The molecule has 1 aliphatic heterocycles. The first kappa shape index (κ1) is 14.8. The smallest absolute Gasteiger partial charge is 0.0561 e. The number of piperazine rings is 1. The topological polar surface area (TPSA) is 15.3 Å². The van der Waals surface area contributed by atoms with Crippen LogP contribution in [0.4, 0.5) is 0 Å². The summed E-state index contributed by atoms with van der Waals surface area (Å²) in [5.74, 6) is 0. The van der Waals surface area contributed by atoms with Crippen molar-refractivity contribution in [2.75, 3.05) is 19.6 Å². The van der Waals surface area contributed by atoms with Crippen LogP contribution < -0.4 is 5.32 Å². The molecule has 0 amide bonds. The maximum atomic E-state index is 3.57. The summed E-state index contributed by atoms with van der Waals surface area (Å²) in [7, 11) is 0. The van der Waals surface area contributed by atoms with Gasteiger partial charge in [-0.15, -0.1) is 0 Å². The molecule has 1 atom stereocenters. The van der Waals surface area contributed by atoms with E-state index in [1.54, 1.807) is 0 Å². The first-order chi connectivity index (χ1) is 10.2. The third kappa shape index (κ3) is 3.20. The molecule has 3 rings (SSSR count). The van der Waals surface area contributed by atoms with Gasteiger partial charge in [0, 0.05) is 30.7 Å². The highest BCUT2D eigenvalue weighted by molar-refractivity contribution is 9.10. The number of benzene rings is 2. The van der Waals surface area contributed by atoms with Crippen molar-refractivity contribution in [2.24, 2.45) is 0 Å². The van der Waals surface area contributed by atoms with Crippen LogP contribution >= 0.6 is 15.9 Å². The van der Waals surface area contributed by atoms with E-state index in [1.807, 2.05) is 0 Å². The maximum Gasteiger partial charge on any atom is 0.0561 e. The molecule has 0 saturated carbocycles. The lowest BCUT2D eigenvalue weighted by atomic mass is 9.88. The Hall–Kier alpha value is -1.16. The van der Waals surface area contributed by atoms with Gasteiger partial charge in [0.1, 0.15) is 0 Å². The third-order valence-corrected chi connectivity index (χ3v) is 4.88. The standard InChI is InChI=1S/C18H21BrN2/c1-18(16-7-3-2-4-8-16)14-20-10-11-21(18)13-15-6-5-9-17(19)12-15/h2-9,12,20H,10-11,13-14H2,1H3. The average Bonchev–Trinajstić information content (AvgIpc) is 2.51. The molecule has 1 saturated heterocycles. The Morgan fingerprint density at radius 2 is 1.95 bits per heavy atom. The third-order valence-electron chi connectivity index (χ3n) is 4.38. The maximum absolute atomic E-state index is 3.57. The van der Waals surface area contributed by atoms with Crippen LogP contribution in [-0.4, -0.2) is 24.5 Å². The second kappa shape index (κ2) is 6.30. The van der Waals surface area contributed by atoms with Crippen molar-refractivity contribution in [3.8, 4) is 0 Å². The van der Waals surface area contributed by atoms with E-state index >= 15 is 0 Å². The molecule has 0 spiro atoms. The molecule has 0 bridgehead atoms. The van der Waals surface area contributed by atoms with Crippen LogP contribution in [0, 0.1) is 0 Å². The van der Waals surface area contributed by atoms with E-state index in [1.165, 1.54) is 11.1 Å². The summed E-state index contributed by atoms with van der Waals surface area (Å²) in [5, 5.41) is 3.55. The largest absolute Gasteiger partial charge is 0.313 e. The van der Waals surface area contributed by atoms with Crippen LogP contribution in [0.15, 0.2) is 59.1 Å². The summed E-state index contributed by atoms with van der Waals surface area (Å²) in [4.78, 5) is 2.58. The first-order valence-electron chi connectivity index (χ1n) is 7.44. The fourth-order valence-electron chi connectivity index (χ4n) is 3.10. The molecule has 0 aromatic heterocycles. The van der Waals surface area contributed by atoms with Crippen LogP contribution in [0.3, 0.4) is 0 Å². The minimum atomic E-state index is 0.0435. The summed E-state index contributed by atoms with van der Waals surface area (Å²) in [5.41, 5.74) is 2.78. The van der Waals surface area contributed by atoms with Crippen molar-refractivity contribution < 1.29 is 0 Å². The molecule has 1 N–H and O–H groups in total. The van der Waals surface area contributed by atoms with E-state index < -0.39 is 0 Å². The lowest BCUT2D eigenvalue weighted by Crippen LogP contribution is -2.56. The second-order valence-electron chi connectivity index (χ2n) is 5.87. The predicted molar refractivity (Wildman–Crippen MR) is 91.2 cm³/mol. The van der Waals surface area contributed by atoms with Crippen molar-refractivity contribution in [2.45, 2.75) is 19.0 Å². The molecule has 0 radical (unpaired) electrons. The summed E-state index contributed by atoms with van der Waals surface area (Å²) in [6.07, 6.45) is 0. The van der Waals surface area contributed by atoms with E-state index in [2.05, 4.69) is 87.7 Å². The molecule has 2 aromatic rings. The molecular formula is C18H21BrN2. The number of nitrogens with one attached hydrogen (secondary N) is 1. The highest BCUT2D eigenvalue weighted by Gasteiger charge is 2.35. The van der Waals surface area contributed by atoms with Gasteiger partial charge in [-0.2, -0.15) is 0 Å². The zero-order chi connectivity index (χ0) is 14.7. The van der Waals surface area contributed by atoms with E-state index in [-0.39, 0.29) is 5.54 Å². The Balaban J connectivity index is 1.88. The van der Waals surface area contributed by atoms with Gasteiger partial charge in [-0.3, -0.25) is 4.90 Å². The average molecular weight is 345 g/mol. The van der Waals surface area contributed by atoms with Crippen LogP contribution in [0.2, 0.25) is 0 Å². The molecule has 3 heteroatoms. The highest BCUT2D eigenvalue weighted by Crippen LogP contribution is 2.31. The zero-order valence-corrected chi connectivity index (χ0v) is 13.9. The molecule has 1 heterocycles. The molecule has 1 unspecified atom stereocenters. The normalized spacial score (nSPS) is 23.1. The van der Waals surface area contributed by atoms with Crippen LogP contribution in [0.25, 0.3) is 0 Å². The molecule has 0 aliphatic carbocycles. The Morgan fingerprint density at radius 1 is 1.14 bits per heavy atom. The van der Waals surface area contributed by atoms with Gasteiger partial charge in [0.05, 0.1) is 5.54 Å². The van der Waals surface area contributed by atoms with Gasteiger partial charge in [0.25, 0.3) is 0 Å². The van der Waals surface area contributed by atoms with Gasteiger partial charge >= 0.3 is 0 Å². The fourth-order valence-corrected chi connectivity index (χ4v) is 3.54. The quantitative estimate of drug-likeness (QED) is 0.911. The molecule has 2 aromatic carbocycles. The van der Waals surface area contributed by atoms with Crippen LogP contribution in [-0.2, 0) is 12.1 Å². The summed E-state index contributed by atoms with van der Waals surface area (Å²) in [6, 6.07) is 19.4.